The molecular weight excluding hydrogens is 233 g/mol. The molecule has 3 nitrogen and oxygen atoms in total. The molecule has 2 unspecified atom stereocenters. The highest BCUT2D eigenvalue weighted by Crippen LogP contribution is 2.24. The van der Waals surface area contributed by atoms with Gasteiger partial charge in [0.2, 0.25) is 0 Å². The fraction of sp³-hybridized carbons (Fsp3) is 0.500. The predicted octanol–water partition coefficient (Wildman–Crippen LogP) is 2.11. The number of nitrogens with one attached hydrogen (secondary N) is 1. The van der Waals surface area contributed by atoms with Crippen LogP contribution in [0.1, 0.15) is 36.0 Å². The van der Waals surface area contributed by atoms with Crippen LogP contribution in [-0.2, 0) is 0 Å². The number of carbonyl (C=O) groups is 1. The molecule has 0 bridgehead atoms. The molecule has 1 aliphatic carbocycles. The van der Waals surface area contributed by atoms with Gasteiger partial charge in [0.1, 0.15) is 5.82 Å². The summed E-state index contributed by atoms with van der Waals surface area (Å²) in [6, 6.07) is 5.53. The second kappa shape index (κ2) is 5.96. The van der Waals surface area contributed by atoms with Crippen molar-refractivity contribution >= 4 is 5.91 Å². The molecule has 0 spiro atoms. The van der Waals surface area contributed by atoms with Gasteiger partial charge in [-0.3, -0.25) is 4.79 Å². The zero-order valence-corrected chi connectivity index (χ0v) is 10.2. The molecular formula is C14H18FNO2. The van der Waals surface area contributed by atoms with E-state index < -0.39 is 0 Å². The van der Waals surface area contributed by atoms with Gasteiger partial charge in [0.15, 0.2) is 0 Å². The monoisotopic (exact) mass is 251 g/mol. The van der Waals surface area contributed by atoms with E-state index in [1.807, 2.05) is 0 Å². The molecule has 2 N–H and O–H groups in total. The summed E-state index contributed by atoms with van der Waals surface area (Å²) < 4.78 is 12.8. The zero-order chi connectivity index (χ0) is 13.0. The Bertz CT molecular complexity index is 405. The molecule has 0 heterocycles. The van der Waals surface area contributed by atoms with Crippen molar-refractivity contribution in [3.05, 3.63) is 35.6 Å². The van der Waals surface area contributed by atoms with E-state index in [9.17, 15) is 14.3 Å². The minimum atomic E-state index is -0.350. The molecule has 2 rings (SSSR count). The van der Waals surface area contributed by atoms with E-state index in [-0.39, 0.29) is 30.3 Å². The van der Waals surface area contributed by atoms with Crippen molar-refractivity contribution in [2.75, 3.05) is 6.61 Å². The summed E-state index contributed by atoms with van der Waals surface area (Å²) in [4.78, 5) is 12.0. The van der Waals surface area contributed by atoms with E-state index in [2.05, 4.69) is 5.32 Å². The number of halogens is 1. The molecule has 18 heavy (non-hydrogen) atoms. The van der Waals surface area contributed by atoms with E-state index in [4.69, 9.17) is 0 Å². The lowest BCUT2D eigenvalue weighted by Gasteiger charge is -2.30. The first-order chi connectivity index (χ1) is 8.70. The van der Waals surface area contributed by atoms with Gasteiger partial charge in [-0.1, -0.05) is 12.8 Å². The number of aliphatic hydroxyl groups is 1. The van der Waals surface area contributed by atoms with Gasteiger partial charge >= 0.3 is 0 Å². The molecule has 1 fully saturated rings. The Balaban J connectivity index is 1.99. The van der Waals surface area contributed by atoms with Gasteiger partial charge in [0.25, 0.3) is 5.91 Å². The number of hydrogen-bond donors (Lipinski definition) is 2. The number of rotatable bonds is 3. The second-order valence-electron chi connectivity index (χ2n) is 4.81. The molecule has 2 atom stereocenters. The molecule has 1 aromatic rings. The van der Waals surface area contributed by atoms with Crippen LogP contribution >= 0.6 is 0 Å². The number of hydrogen-bond acceptors (Lipinski definition) is 2. The van der Waals surface area contributed by atoms with Crippen LogP contribution in [0.15, 0.2) is 24.3 Å². The molecule has 1 aliphatic rings. The van der Waals surface area contributed by atoms with Crippen molar-refractivity contribution in [1.29, 1.82) is 0 Å². The van der Waals surface area contributed by atoms with Crippen LogP contribution in [0, 0.1) is 11.7 Å². The maximum atomic E-state index is 12.8. The fourth-order valence-corrected chi connectivity index (χ4v) is 2.47. The molecule has 4 heteroatoms. The van der Waals surface area contributed by atoms with Crippen LogP contribution in [0.3, 0.4) is 0 Å². The first-order valence-corrected chi connectivity index (χ1v) is 6.38. The molecule has 1 amide bonds. The van der Waals surface area contributed by atoms with Crippen LogP contribution in [-0.4, -0.2) is 23.7 Å². The van der Waals surface area contributed by atoms with E-state index >= 15 is 0 Å². The van der Waals surface area contributed by atoms with Crippen molar-refractivity contribution in [3.8, 4) is 0 Å². The lowest BCUT2D eigenvalue weighted by Crippen LogP contribution is -2.43. The molecule has 0 saturated heterocycles. The lowest BCUT2D eigenvalue weighted by molar-refractivity contribution is 0.0872. The minimum absolute atomic E-state index is 0.0290. The molecule has 0 aliphatic heterocycles. The Morgan fingerprint density at radius 1 is 1.28 bits per heavy atom. The molecule has 1 saturated carbocycles. The van der Waals surface area contributed by atoms with Gasteiger partial charge in [-0.05, 0) is 37.1 Å². The molecule has 0 radical (unpaired) electrons. The van der Waals surface area contributed by atoms with Crippen molar-refractivity contribution in [1.82, 2.24) is 5.32 Å². The Labute approximate surface area is 106 Å². The third-order valence-electron chi connectivity index (χ3n) is 3.57. The number of benzene rings is 1. The summed E-state index contributed by atoms with van der Waals surface area (Å²) in [5.41, 5.74) is 0.457. The Hall–Kier alpha value is -1.42. The summed E-state index contributed by atoms with van der Waals surface area (Å²) in [6.07, 6.45) is 4.03. The normalized spacial score (nSPS) is 23.7. The second-order valence-corrected chi connectivity index (χ2v) is 4.81. The van der Waals surface area contributed by atoms with Gasteiger partial charge in [0.05, 0.1) is 0 Å². The average Bonchev–Trinajstić information content (AvgIpc) is 2.40. The maximum absolute atomic E-state index is 12.8. The van der Waals surface area contributed by atoms with Crippen molar-refractivity contribution in [2.24, 2.45) is 5.92 Å². The average molecular weight is 251 g/mol. The molecule has 1 aromatic carbocycles. The summed E-state index contributed by atoms with van der Waals surface area (Å²) in [7, 11) is 0. The topological polar surface area (TPSA) is 49.3 Å². The van der Waals surface area contributed by atoms with Crippen LogP contribution in [0.4, 0.5) is 4.39 Å². The van der Waals surface area contributed by atoms with Crippen LogP contribution in [0.25, 0.3) is 0 Å². The Morgan fingerprint density at radius 3 is 2.61 bits per heavy atom. The van der Waals surface area contributed by atoms with E-state index in [1.165, 1.54) is 24.3 Å². The van der Waals surface area contributed by atoms with Crippen LogP contribution in [0.2, 0.25) is 0 Å². The number of aliphatic hydroxyl groups excluding tert-OH is 1. The van der Waals surface area contributed by atoms with Crippen molar-refractivity contribution in [3.63, 3.8) is 0 Å². The Kier molecular flexibility index (Phi) is 4.31. The van der Waals surface area contributed by atoms with E-state index in [0.29, 0.717) is 5.56 Å². The van der Waals surface area contributed by atoms with Crippen molar-refractivity contribution in [2.45, 2.75) is 31.7 Å². The van der Waals surface area contributed by atoms with Gasteiger partial charge in [-0.2, -0.15) is 0 Å². The third kappa shape index (κ3) is 3.07. The van der Waals surface area contributed by atoms with Gasteiger partial charge in [-0.15, -0.1) is 0 Å². The van der Waals surface area contributed by atoms with Crippen molar-refractivity contribution < 1.29 is 14.3 Å². The van der Waals surface area contributed by atoms with Gasteiger partial charge < -0.3 is 10.4 Å². The minimum Gasteiger partial charge on any atom is -0.396 e. The summed E-state index contributed by atoms with van der Waals surface area (Å²) in [5, 5.41) is 12.2. The van der Waals surface area contributed by atoms with Gasteiger partial charge in [-0.25, -0.2) is 4.39 Å². The third-order valence-corrected chi connectivity index (χ3v) is 3.57. The van der Waals surface area contributed by atoms with Crippen LogP contribution < -0.4 is 5.32 Å². The number of carbonyl (C=O) groups excluding carboxylic acids is 1. The Morgan fingerprint density at radius 2 is 1.94 bits per heavy atom. The molecule has 0 aromatic heterocycles. The maximum Gasteiger partial charge on any atom is 0.251 e. The first kappa shape index (κ1) is 13.0. The lowest BCUT2D eigenvalue weighted by atomic mass is 9.85. The van der Waals surface area contributed by atoms with E-state index in [0.717, 1.165) is 25.7 Å². The highest BCUT2D eigenvalue weighted by atomic mass is 19.1. The van der Waals surface area contributed by atoms with E-state index in [1.54, 1.807) is 0 Å². The standard InChI is InChI=1S/C14H18FNO2/c15-12-7-5-10(6-8-12)14(18)16-13-4-2-1-3-11(13)9-17/h5-8,11,13,17H,1-4,9H2,(H,16,18). The number of amides is 1. The largest absolute Gasteiger partial charge is 0.396 e. The molecule has 98 valence electrons. The van der Waals surface area contributed by atoms with Gasteiger partial charge in [0, 0.05) is 24.1 Å². The highest BCUT2D eigenvalue weighted by Gasteiger charge is 2.26. The summed E-state index contributed by atoms with van der Waals surface area (Å²) in [5.74, 6) is -0.402. The van der Waals surface area contributed by atoms with Crippen LogP contribution in [0.5, 0.6) is 0 Å². The predicted molar refractivity (Wildman–Crippen MR) is 66.7 cm³/mol. The highest BCUT2D eigenvalue weighted by molar-refractivity contribution is 5.94. The smallest absolute Gasteiger partial charge is 0.251 e. The zero-order valence-electron chi connectivity index (χ0n) is 10.2. The summed E-state index contributed by atoms with van der Waals surface area (Å²) >= 11 is 0. The first-order valence-electron chi connectivity index (χ1n) is 6.38. The fourth-order valence-electron chi connectivity index (χ4n) is 2.47. The quantitative estimate of drug-likeness (QED) is 0.864. The SMILES string of the molecule is O=C(NC1CCCCC1CO)c1ccc(F)cc1. The summed E-state index contributed by atoms with van der Waals surface area (Å²) in [6.45, 7) is 0.106.